The zero-order valence-electron chi connectivity index (χ0n) is 26.4. The van der Waals surface area contributed by atoms with Crippen molar-refractivity contribution < 1.29 is 35.4 Å². The molecule has 1 aromatic carbocycles. The quantitative estimate of drug-likeness (QED) is 0.0676. The van der Waals surface area contributed by atoms with Gasteiger partial charge in [-0.1, -0.05) is 42.5 Å². The monoisotopic (exact) mass is 619 g/mol. The molecule has 1 aliphatic carbocycles. The van der Waals surface area contributed by atoms with Crippen LogP contribution >= 0.6 is 0 Å². The molecule has 0 unspecified atom stereocenters. The average molecular weight is 620 g/mol. The Balaban J connectivity index is 1.20. The maximum absolute atomic E-state index is 12.2. The number of carbonyl (C=O) groups excluding carboxylic acids is 1. The first-order valence-corrected chi connectivity index (χ1v) is 16.8. The van der Waals surface area contributed by atoms with Crippen LogP contribution < -0.4 is 5.32 Å². The minimum absolute atomic E-state index is 0.00325. The topological polar surface area (TPSA) is 146 Å². The van der Waals surface area contributed by atoms with Gasteiger partial charge in [-0.05, 0) is 126 Å². The number of aliphatic hydroxyl groups is 3. The Morgan fingerprint density at radius 3 is 2.50 bits per heavy atom. The summed E-state index contributed by atoms with van der Waals surface area (Å²) in [5, 5.41) is 51.5. The number of hydrogen-bond donors (Lipinski definition) is 6. The molecule has 5 atom stereocenters. The van der Waals surface area contributed by atoms with Crippen LogP contribution in [0.5, 0.6) is 0 Å². The third-order valence-electron chi connectivity index (χ3n) is 9.46. The van der Waals surface area contributed by atoms with E-state index < -0.39 is 18.3 Å². The molecule has 1 amide bonds. The first-order valence-electron chi connectivity index (χ1n) is 16.8. The molecule has 0 bridgehead atoms. The van der Waals surface area contributed by atoms with Crippen LogP contribution in [-0.4, -0.2) is 93.0 Å². The highest BCUT2D eigenvalue weighted by atomic mass is 17.1. The van der Waals surface area contributed by atoms with Crippen molar-refractivity contribution >= 4 is 5.91 Å². The molecule has 1 saturated carbocycles. The van der Waals surface area contributed by atoms with Crippen molar-refractivity contribution in [3.05, 3.63) is 48.0 Å². The van der Waals surface area contributed by atoms with E-state index in [4.69, 9.17) is 10.4 Å². The van der Waals surface area contributed by atoms with E-state index in [1.54, 1.807) is 0 Å². The summed E-state index contributed by atoms with van der Waals surface area (Å²) in [6.07, 6.45) is 13.8. The summed E-state index contributed by atoms with van der Waals surface area (Å²) in [6, 6.07) is 10.1. The Hall–Kier alpha value is -1.89. The first kappa shape index (κ1) is 36.6. The second-order valence-electron chi connectivity index (χ2n) is 12.8. The summed E-state index contributed by atoms with van der Waals surface area (Å²) in [5.41, 5.74) is 1.22. The third-order valence-corrected chi connectivity index (χ3v) is 9.46. The SMILES string of the molecule is O=C(CCC/C=C\C[C@@H]1[C@@H](CC[C@@H](O)CCc2ccccc2)[C@H](O)C[C@@H]1O)NCCCN1CCC(CCCON(O)O)CC1. The van der Waals surface area contributed by atoms with Crippen molar-refractivity contribution in [2.24, 2.45) is 17.8 Å². The van der Waals surface area contributed by atoms with Crippen LogP contribution in [0.4, 0.5) is 0 Å². The molecular formula is C34H57N3O7. The molecule has 0 spiro atoms. The van der Waals surface area contributed by atoms with Gasteiger partial charge in [-0.3, -0.25) is 20.0 Å². The molecule has 1 saturated heterocycles. The molecular weight excluding hydrogens is 562 g/mol. The molecule has 3 rings (SSSR count). The fourth-order valence-corrected chi connectivity index (χ4v) is 6.80. The lowest BCUT2D eigenvalue weighted by Gasteiger charge is -2.32. The highest BCUT2D eigenvalue weighted by Crippen LogP contribution is 2.38. The van der Waals surface area contributed by atoms with Crippen LogP contribution in [0, 0.1) is 17.8 Å². The van der Waals surface area contributed by atoms with Crippen molar-refractivity contribution in [2.45, 2.75) is 108 Å². The number of nitrogens with one attached hydrogen (secondary N) is 1. The number of benzene rings is 1. The van der Waals surface area contributed by atoms with Crippen LogP contribution in [0.15, 0.2) is 42.5 Å². The van der Waals surface area contributed by atoms with E-state index in [9.17, 15) is 20.1 Å². The normalized spacial score (nSPS) is 24.0. The van der Waals surface area contributed by atoms with Gasteiger partial charge >= 0.3 is 0 Å². The van der Waals surface area contributed by atoms with Gasteiger partial charge in [-0.25, -0.2) is 0 Å². The second-order valence-corrected chi connectivity index (χ2v) is 12.8. The average Bonchev–Trinajstić information content (AvgIpc) is 3.29. The lowest BCUT2D eigenvalue weighted by Crippen LogP contribution is -2.36. The zero-order valence-corrected chi connectivity index (χ0v) is 26.4. The minimum atomic E-state index is -0.529. The van der Waals surface area contributed by atoms with Gasteiger partial charge in [0.15, 0.2) is 0 Å². The van der Waals surface area contributed by atoms with Crippen molar-refractivity contribution in [2.75, 3.05) is 32.8 Å². The lowest BCUT2D eigenvalue weighted by atomic mass is 9.85. The summed E-state index contributed by atoms with van der Waals surface area (Å²) < 4.78 is 0. The van der Waals surface area contributed by atoms with Crippen molar-refractivity contribution in [3.63, 3.8) is 0 Å². The Morgan fingerprint density at radius 1 is 1.00 bits per heavy atom. The maximum atomic E-state index is 12.2. The number of likely N-dealkylation sites (tertiary alicyclic amines) is 1. The molecule has 6 N–H and O–H groups in total. The van der Waals surface area contributed by atoms with E-state index in [2.05, 4.69) is 39.3 Å². The van der Waals surface area contributed by atoms with Crippen molar-refractivity contribution in [1.29, 1.82) is 0 Å². The predicted octanol–water partition coefficient (Wildman–Crippen LogP) is 4.25. The predicted molar refractivity (Wildman–Crippen MR) is 169 cm³/mol. The van der Waals surface area contributed by atoms with Crippen molar-refractivity contribution in [3.8, 4) is 0 Å². The molecule has 1 aliphatic heterocycles. The highest BCUT2D eigenvalue weighted by Gasteiger charge is 2.40. The Labute approximate surface area is 263 Å². The van der Waals surface area contributed by atoms with Gasteiger partial charge < -0.3 is 25.5 Å². The minimum Gasteiger partial charge on any atom is -0.393 e. The van der Waals surface area contributed by atoms with Gasteiger partial charge in [0, 0.05) is 13.0 Å². The van der Waals surface area contributed by atoms with Gasteiger partial charge in [0.05, 0.1) is 30.3 Å². The zero-order chi connectivity index (χ0) is 31.6. The van der Waals surface area contributed by atoms with Gasteiger partial charge in [0.1, 0.15) is 0 Å². The summed E-state index contributed by atoms with van der Waals surface area (Å²) in [6.45, 7) is 4.10. The van der Waals surface area contributed by atoms with Gasteiger partial charge in [-0.2, -0.15) is 0 Å². The fourth-order valence-electron chi connectivity index (χ4n) is 6.80. The van der Waals surface area contributed by atoms with Crippen LogP contribution in [0.1, 0.15) is 89.0 Å². The van der Waals surface area contributed by atoms with E-state index in [0.717, 1.165) is 71.0 Å². The van der Waals surface area contributed by atoms with E-state index in [1.807, 2.05) is 18.2 Å². The number of hydrogen-bond acceptors (Lipinski definition) is 9. The Kier molecular flexibility index (Phi) is 17.5. The van der Waals surface area contributed by atoms with E-state index >= 15 is 0 Å². The number of amides is 1. The molecule has 1 heterocycles. The Bertz CT molecular complexity index is 927. The summed E-state index contributed by atoms with van der Waals surface area (Å²) in [4.78, 5) is 19.3. The maximum Gasteiger partial charge on any atom is 0.220 e. The number of allylic oxidation sites excluding steroid dienone is 2. The molecule has 0 radical (unpaired) electrons. The van der Waals surface area contributed by atoms with Crippen molar-refractivity contribution in [1.82, 2.24) is 15.6 Å². The molecule has 10 heteroatoms. The molecule has 1 aromatic rings. The third kappa shape index (κ3) is 14.5. The van der Waals surface area contributed by atoms with Gasteiger partial charge in [0.25, 0.3) is 0 Å². The molecule has 2 aliphatic rings. The lowest BCUT2D eigenvalue weighted by molar-refractivity contribution is -0.492. The second kappa shape index (κ2) is 21.0. The van der Waals surface area contributed by atoms with Crippen LogP contribution in [0.2, 0.25) is 0 Å². The summed E-state index contributed by atoms with van der Waals surface area (Å²) >= 11 is 0. The van der Waals surface area contributed by atoms with Gasteiger partial charge in [0.2, 0.25) is 5.91 Å². The molecule has 0 aromatic heterocycles. The molecule has 250 valence electrons. The first-order chi connectivity index (χ1) is 21.3. The fraction of sp³-hybridized carbons (Fsp3) is 0.735. The Morgan fingerprint density at radius 2 is 1.75 bits per heavy atom. The smallest absolute Gasteiger partial charge is 0.220 e. The van der Waals surface area contributed by atoms with Crippen LogP contribution in [-0.2, 0) is 16.1 Å². The highest BCUT2D eigenvalue weighted by molar-refractivity contribution is 5.75. The van der Waals surface area contributed by atoms with E-state index in [0.29, 0.717) is 57.6 Å². The van der Waals surface area contributed by atoms with E-state index in [-0.39, 0.29) is 23.1 Å². The number of unbranched alkanes of at least 4 members (excludes halogenated alkanes) is 1. The van der Waals surface area contributed by atoms with Gasteiger partial charge in [-0.15, -0.1) is 0 Å². The number of piperidine rings is 1. The number of aryl methyl sites for hydroxylation is 1. The number of carbonyl (C=O) groups is 1. The molecule has 2 fully saturated rings. The summed E-state index contributed by atoms with van der Waals surface area (Å²) in [5.74, 6) is 0.727. The molecule has 10 nitrogen and oxygen atoms in total. The standard InChI is InChI=1S/C34H57N3O7/c38-29(16-15-27-10-4-3-5-11-27)17-18-31-30(32(39)26-33(31)40)13-6-1-2-7-14-34(41)35-21-9-22-36-23-19-28(20-24-36)12-8-25-44-37(42)43/h1,3-6,10-11,28-33,38-40,42-43H,2,7-9,12-26H2,(H,35,41)/b6-1-/t29-,30+,31+,32-,33+/m0/s1. The largest absolute Gasteiger partial charge is 0.393 e. The number of aliphatic hydroxyl groups excluding tert-OH is 3. The summed E-state index contributed by atoms with van der Waals surface area (Å²) in [7, 11) is 0. The van der Waals surface area contributed by atoms with Crippen LogP contribution in [0.25, 0.3) is 0 Å². The number of nitrogens with zero attached hydrogens (tertiary/aromatic N) is 2. The molecule has 44 heavy (non-hydrogen) atoms. The van der Waals surface area contributed by atoms with Crippen LogP contribution in [0.3, 0.4) is 0 Å². The van der Waals surface area contributed by atoms with E-state index in [1.165, 1.54) is 5.56 Å². The number of rotatable bonds is 21.